The number of hydrogen-bond donors (Lipinski definition) is 0. The number of furan rings is 1. The van der Waals surface area contributed by atoms with Crippen LogP contribution in [-0.4, -0.2) is 8.07 Å². The van der Waals surface area contributed by atoms with Gasteiger partial charge in [-0.05, 0) is 85.7 Å². The SMILES string of the molecule is Cc1cc2c(oc3c(C)c(F)ccc32)c(-c2cc([Si](C)(C)C)c3ccc(C4CCCC4)cc3[n+]2C)c1C. The molecular weight excluding hydrogens is 473 g/mol. The zero-order valence-corrected chi connectivity index (χ0v) is 24.2. The van der Waals surface area contributed by atoms with Gasteiger partial charge in [0.1, 0.15) is 24.0 Å². The third kappa shape index (κ3) is 3.75. The van der Waals surface area contributed by atoms with E-state index in [2.05, 4.69) is 75.4 Å². The van der Waals surface area contributed by atoms with E-state index >= 15 is 0 Å². The first kappa shape index (κ1) is 24.4. The van der Waals surface area contributed by atoms with Crippen LogP contribution in [0.25, 0.3) is 44.1 Å². The average Bonchev–Trinajstić information content (AvgIpc) is 3.51. The lowest BCUT2D eigenvalue weighted by molar-refractivity contribution is -0.633. The Labute approximate surface area is 220 Å². The summed E-state index contributed by atoms with van der Waals surface area (Å²) in [5.74, 6) is 0.447. The molecule has 0 bridgehead atoms. The van der Waals surface area contributed by atoms with E-state index in [1.54, 1.807) is 6.07 Å². The van der Waals surface area contributed by atoms with Crippen LogP contribution >= 0.6 is 0 Å². The largest absolute Gasteiger partial charge is 0.455 e. The Bertz CT molecular complexity index is 1720. The van der Waals surface area contributed by atoms with Gasteiger partial charge in [0.2, 0.25) is 11.2 Å². The number of pyridine rings is 1. The minimum absolute atomic E-state index is 0.224. The molecule has 0 atom stereocenters. The Balaban J connectivity index is 1.73. The van der Waals surface area contributed by atoms with Crippen molar-refractivity contribution in [2.75, 3.05) is 0 Å². The normalized spacial score (nSPS) is 15.0. The maximum absolute atomic E-state index is 14.5. The predicted molar refractivity (Wildman–Crippen MR) is 156 cm³/mol. The number of hydrogen-bond acceptors (Lipinski definition) is 1. The zero-order chi connectivity index (χ0) is 26.2. The molecule has 3 aromatic carbocycles. The molecule has 2 heterocycles. The van der Waals surface area contributed by atoms with Crippen molar-refractivity contribution < 1.29 is 13.4 Å². The Kier molecular flexibility index (Phi) is 5.61. The molecule has 4 heteroatoms. The summed E-state index contributed by atoms with van der Waals surface area (Å²) in [5, 5.41) is 4.89. The second kappa shape index (κ2) is 8.52. The van der Waals surface area contributed by atoms with E-state index in [9.17, 15) is 4.39 Å². The molecule has 5 aromatic rings. The van der Waals surface area contributed by atoms with E-state index in [4.69, 9.17) is 4.42 Å². The summed E-state index contributed by atoms with van der Waals surface area (Å²) < 4.78 is 23.4. The number of rotatable bonds is 3. The highest BCUT2D eigenvalue weighted by molar-refractivity contribution is 6.90. The minimum atomic E-state index is -1.67. The van der Waals surface area contributed by atoms with Crippen molar-refractivity contribution in [3.05, 3.63) is 70.5 Å². The molecule has 1 fully saturated rings. The van der Waals surface area contributed by atoms with Crippen molar-refractivity contribution in [1.29, 1.82) is 0 Å². The van der Waals surface area contributed by atoms with E-state index in [-0.39, 0.29) is 5.82 Å². The van der Waals surface area contributed by atoms with E-state index in [0.717, 1.165) is 21.9 Å². The van der Waals surface area contributed by atoms with Gasteiger partial charge in [-0.25, -0.2) is 4.39 Å². The Hall–Kier alpha value is -2.98. The third-order valence-electron chi connectivity index (χ3n) is 8.84. The highest BCUT2D eigenvalue weighted by Gasteiger charge is 2.30. The van der Waals surface area contributed by atoms with Crippen LogP contribution in [0, 0.1) is 26.6 Å². The highest BCUT2D eigenvalue weighted by atomic mass is 28.3. The fraction of sp³-hybridized carbons (Fsp3) is 0.364. The molecule has 37 heavy (non-hydrogen) atoms. The van der Waals surface area contributed by atoms with Crippen molar-refractivity contribution in [2.24, 2.45) is 7.05 Å². The second-order valence-electron chi connectivity index (χ2n) is 12.2. The fourth-order valence-electron chi connectivity index (χ4n) is 6.49. The van der Waals surface area contributed by atoms with E-state index in [0.29, 0.717) is 17.1 Å². The molecule has 0 unspecified atom stereocenters. The summed E-state index contributed by atoms with van der Waals surface area (Å²) in [5.41, 5.74) is 9.59. The molecule has 0 saturated heterocycles. The highest BCUT2D eigenvalue weighted by Crippen LogP contribution is 2.41. The van der Waals surface area contributed by atoms with Crippen LogP contribution < -0.4 is 9.75 Å². The first-order valence-electron chi connectivity index (χ1n) is 13.7. The van der Waals surface area contributed by atoms with Crippen molar-refractivity contribution in [3.8, 4) is 11.3 Å². The van der Waals surface area contributed by atoms with E-state index in [1.807, 2.05) is 13.0 Å². The summed E-state index contributed by atoms with van der Waals surface area (Å²) in [6.07, 6.45) is 5.26. The molecule has 2 aromatic heterocycles. The molecule has 190 valence electrons. The van der Waals surface area contributed by atoms with Crippen LogP contribution in [0.2, 0.25) is 19.6 Å². The van der Waals surface area contributed by atoms with Crippen LogP contribution in [0.4, 0.5) is 4.39 Å². The quantitative estimate of drug-likeness (QED) is 0.176. The summed E-state index contributed by atoms with van der Waals surface area (Å²) in [6, 6.07) is 15.3. The molecule has 2 nitrogen and oxygen atoms in total. The van der Waals surface area contributed by atoms with Gasteiger partial charge in [0.05, 0.1) is 13.6 Å². The lowest BCUT2D eigenvalue weighted by atomic mass is 9.94. The van der Waals surface area contributed by atoms with E-state index in [1.165, 1.54) is 64.2 Å². The van der Waals surface area contributed by atoms with Crippen molar-refractivity contribution in [2.45, 2.75) is 72.0 Å². The summed E-state index contributed by atoms with van der Waals surface area (Å²) in [4.78, 5) is 0. The van der Waals surface area contributed by atoms with Crippen molar-refractivity contribution in [3.63, 3.8) is 0 Å². The topological polar surface area (TPSA) is 17.0 Å². The van der Waals surface area contributed by atoms with Gasteiger partial charge >= 0.3 is 0 Å². The molecule has 1 aliphatic rings. The molecule has 0 N–H and O–H groups in total. The monoisotopic (exact) mass is 510 g/mol. The lowest BCUT2D eigenvalue weighted by Crippen LogP contribution is -2.43. The van der Waals surface area contributed by atoms with Gasteiger partial charge in [-0.2, -0.15) is 4.57 Å². The van der Waals surface area contributed by atoms with Gasteiger partial charge < -0.3 is 4.42 Å². The van der Waals surface area contributed by atoms with Gasteiger partial charge in [-0.3, -0.25) is 0 Å². The molecule has 0 aliphatic heterocycles. The number of aryl methyl sites for hydroxylation is 3. The fourth-order valence-corrected chi connectivity index (χ4v) is 8.08. The number of benzene rings is 3. The Morgan fingerprint density at radius 1 is 0.838 bits per heavy atom. The number of aromatic nitrogens is 1. The van der Waals surface area contributed by atoms with Crippen LogP contribution in [0.15, 0.2) is 46.9 Å². The van der Waals surface area contributed by atoms with Gasteiger partial charge in [0.15, 0.2) is 0 Å². The molecule has 0 amide bonds. The zero-order valence-electron chi connectivity index (χ0n) is 23.2. The number of fused-ring (bicyclic) bond motifs is 4. The van der Waals surface area contributed by atoms with Gasteiger partial charge in [0, 0.05) is 33.9 Å². The van der Waals surface area contributed by atoms with Gasteiger partial charge in [-0.15, -0.1) is 0 Å². The van der Waals surface area contributed by atoms with E-state index < -0.39 is 8.07 Å². The standard InChI is InChI=1S/C33H37FNOSi/c1-19-16-26-24-14-15-27(34)21(3)32(24)36-33(26)31(20(19)2)29-18-30(37(5,6)7)25-13-12-23(17-28(25)35(29)4)22-10-8-9-11-22/h12-18,22H,8-11H2,1-7H3/q+1. The number of nitrogens with zero attached hydrogens (tertiary/aromatic N) is 1. The average molecular weight is 511 g/mol. The number of halogens is 1. The summed E-state index contributed by atoms with van der Waals surface area (Å²) in [7, 11) is 0.526. The molecule has 6 rings (SSSR count). The molecule has 1 aliphatic carbocycles. The van der Waals surface area contributed by atoms with Crippen molar-refractivity contribution in [1.82, 2.24) is 0 Å². The van der Waals surface area contributed by atoms with Gasteiger partial charge in [0.25, 0.3) is 0 Å². The lowest BCUT2D eigenvalue weighted by Gasteiger charge is -2.21. The Morgan fingerprint density at radius 3 is 2.24 bits per heavy atom. The van der Waals surface area contributed by atoms with Crippen molar-refractivity contribution >= 4 is 46.1 Å². The van der Waals surface area contributed by atoms with Gasteiger partial charge in [-0.1, -0.05) is 38.5 Å². The molecule has 0 radical (unpaired) electrons. The smallest absolute Gasteiger partial charge is 0.216 e. The molecule has 1 saturated carbocycles. The molecule has 0 spiro atoms. The minimum Gasteiger partial charge on any atom is -0.455 e. The first-order valence-corrected chi connectivity index (χ1v) is 17.2. The van der Waals surface area contributed by atoms with Crippen LogP contribution in [0.3, 0.4) is 0 Å². The maximum atomic E-state index is 14.5. The predicted octanol–water partition coefficient (Wildman–Crippen LogP) is 8.50. The maximum Gasteiger partial charge on any atom is 0.216 e. The molecular formula is C33H37FNOSi+. The van der Waals surface area contributed by atoms with Crippen LogP contribution in [0.5, 0.6) is 0 Å². The first-order chi connectivity index (χ1) is 17.6. The third-order valence-corrected chi connectivity index (χ3v) is 10.9. The Morgan fingerprint density at radius 2 is 1.54 bits per heavy atom. The second-order valence-corrected chi connectivity index (χ2v) is 17.3. The van der Waals surface area contributed by atoms with Crippen LogP contribution in [0.1, 0.15) is 53.9 Å². The summed E-state index contributed by atoms with van der Waals surface area (Å²) in [6.45, 7) is 13.5. The summed E-state index contributed by atoms with van der Waals surface area (Å²) >= 11 is 0. The van der Waals surface area contributed by atoms with Crippen LogP contribution in [-0.2, 0) is 7.05 Å².